The maximum absolute atomic E-state index is 12.5. The van der Waals surface area contributed by atoms with Gasteiger partial charge in [-0.2, -0.15) is 0 Å². The van der Waals surface area contributed by atoms with Gasteiger partial charge in [-0.05, 0) is 31.0 Å². The Kier molecular flexibility index (Phi) is 7.86. The highest BCUT2D eigenvalue weighted by Gasteiger charge is 2.29. The summed E-state index contributed by atoms with van der Waals surface area (Å²) >= 11 is 0. The van der Waals surface area contributed by atoms with Gasteiger partial charge in [0.25, 0.3) is 0 Å². The summed E-state index contributed by atoms with van der Waals surface area (Å²) in [7, 11) is 0. The van der Waals surface area contributed by atoms with Gasteiger partial charge in [0.05, 0.1) is 18.8 Å². The van der Waals surface area contributed by atoms with E-state index in [-0.39, 0.29) is 18.4 Å². The summed E-state index contributed by atoms with van der Waals surface area (Å²) < 4.78 is 5.82. The van der Waals surface area contributed by atoms with Crippen LogP contribution in [0.4, 0.5) is 5.69 Å². The van der Waals surface area contributed by atoms with E-state index in [4.69, 9.17) is 10.5 Å². The Hall–Kier alpha value is -3.10. The maximum atomic E-state index is 12.5. The van der Waals surface area contributed by atoms with Crippen LogP contribution in [0.25, 0.3) is 0 Å². The molecule has 9 heteroatoms. The molecule has 0 atom stereocenters. The number of primary amides is 1. The first kappa shape index (κ1) is 22.6. The number of hydrogen-bond acceptors (Lipinski definition) is 6. The molecule has 3 rings (SSSR count). The van der Waals surface area contributed by atoms with E-state index in [1.807, 2.05) is 23.1 Å². The molecule has 2 heterocycles. The Morgan fingerprint density at radius 3 is 2.84 bits per heavy atom. The number of aliphatic imine (C=N–C) groups is 1. The Labute approximate surface area is 182 Å². The summed E-state index contributed by atoms with van der Waals surface area (Å²) in [6.07, 6.45) is 5.00. The van der Waals surface area contributed by atoms with Crippen LogP contribution in [0.3, 0.4) is 0 Å². The smallest absolute Gasteiger partial charge is 0.246 e. The van der Waals surface area contributed by atoms with E-state index in [1.54, 1.807) is 4.90 Å². The first-order valence-corrected chi connectivity index (χ1v) is 10.9. The standard InChI is InChI=1S/C22H31N5O4/c1-2-3-4-5-10-26(14-19(23)28)21(30)7-6-11-31-17-8-9-18-16(12-17)13-27-15-20(29)25-22(27)24-18/h8-9,12H,2-7,10-11,13-15H2,1H3,(H2,23,28)(H,24,25,29). The fraction of sp³-hybridized carbons (Fsp3) is 0.545. The van der Waals surface area contributed by atoms with Gasteiger partial charge >= 0.3 is 0 Å². The highest BCUT2D eigenvalue weighted by Crippen LogP contribution is 2.30. The molecule has 3 N–H and O–H groups in total. The molecule has 0 bridgehead atoms. The molecule has 1 saturated heterocycles. The zero-order chi connectivity index (χ0) is 22.2. The van der Waals surface area contributed by atoms with Gasteiger partial charge < -0.3 is 20.3 Å². The highest BCUT2D eigenvalue weighted by molar-refractivity contribution is 6.05. The SMILES string of the molecule is CCCCCCN(CC(N)=O)C(=O)CCCOc1ccc2c(c1)CN1CC(=O)NC1=N2. The minimum Gasteiger partial charge on any atom is -0.494 e. The molecule has 0 aliphatic carbocycles. The lowest BCUT2D eigenvalue weighted by molar-refractivity contribution is -0.135. The Bertz CT molecular complexity index is 854. The van der Waals surface area contributed by atoms with Gasteiger partial charge in [-0.25, -0.2) is 4.99 Å². The van der Waals surface area contributed by atoms with Crippen LogP contribution in [-0.4, -0.2) is 59.7 Å². The van der Waals surface area contributed by atoms with E-state index in [1.165, 1.54) is 0 Å². The predicted molar refractivity (Wildman–Crippen MR) is 117 cm³/mol. The molecule has 31 heavy (non-hydrogen) atoms. The lowest BCUT2D eigenvalue weighted by atomic mass is 10.1. The lowest BCUT2D eigenvalue weighted by Gasteiger charge is -2.23. The van der Waals surface area contributed by atoms with Crippen molar-refractivity contribution in [1.29, 1.82) is 0 Å². The van der Waals surface area contributed by atoms with Gasteiger partial charge in [0, 0.05) is 25.1 Å². The van der Waals surface area contributed by atoms with Crippen LogP contribution in [-0.2, 0) is 20.9 Å². The van der Waals surface area contributed by atoms with Crippen LogP contribution >= 0.6 is 0 Å². The molecule has 0 aromatic heterocycles. The summed E-state index contributed by atoms with van der Waals surface area (Å²) in [6.45, 7) is 3.96. The first-order chi connectivity index (χ1) is 15.0. The Morgan fingerprint density at radius 1 is 1.23 bits per heavy atom. The predicted octanol–water partition coefficient (Wildman–Crippen LogP) is 1.67. The van der Waals surface area contributed by atoms with Crippen molar-refractivity contribution in [3.8, 4) is 5.75 Å². The van der Waals surface area contributed by atoms with Gasteiger partial charge in [-0.1, -0.05) is 26.2 Å². The maximum Gasteiger partial charge on any atom is 0.246 e. The third-order valence-corrected chi connectivity index (χ3v) is 5.31. The number of amides is 3. The van der Waals surface area contributed by atoms with E-state index >= 15 is 0 Å². The van der Waals surface area contributed by atoms with Crippen molar-refractivity contribution >= 4 is 29.4 Å². The lowest BCUT2D eigenvalue weighted by Crippen LogP contribution is -2.39. The van der Waals surface area contributed by atoms with Crippen molar-refractivity contribution < 1.29 is 19.1 Å². The van der Waals surface area contributed by atoms with Crippen molar-refractivity contribution in [1.82, 2.24) is 15.1 Å². The van der Waals surface area contributed by atoms with E-state index in [0.717, 1.165) is 36.9 Å². The number of nitrogens with zero attached hydrogens (tertiary/aromatic N) is 3. The average Bonchev–Trinajstić information content (AvgIpc) is 3.09. The molecule has 1 aromatic rings. The number of benzene rings is 1. The fourth-order valence-electron chi connectivity index (χ4n) is 3.71. The van der Waals surface area contributed by atoms with Crippen molar-refractivity contribution in [2.75, 3.05) is 26.2 Å². The van der Waals surface area contributed by atoms with E-state index in [0.29, 0.717) is 50.8 Å². The van der Waals surface area contributed by atoms with Crippen LogP contribution in [0.1, 0.15) is 51.0 Å². The summed E-state index contributed by atoms with van der Waals surface area (Å²) in [5.74, 6) is 0.687. The van der Waals surface area contributed by atoms with Gasteiger partial charge in [-0.15, -0.1) is 0 Å². The van der Waals surface area contributed by atoms with Crippen LogP contribution < -0.4 is 15.8 Å². The van der Waals surface area contributed by atoms with Crippen molar-refractivity contribution in [2.24, 2.45) is 10.7 Å². The number of rotatable bonds is 12. The molecule has 0 unspecified atom stereocenters. The number of fused-ring (bicyclic) bond motifs is 2. The molecule has 0 saturated carbocycles. The quantitative estimate of drug-likeness (QED) is 0.490. The summed E-state index contributed by atoms with van der Waals surface area (Å²) in [5, 5.41) is 2.74. The monoisotopic (exact) mass is 429 g/mol. The first-order valence-electron chi connectivity index (χ1n) is 10.9. The number of hydrogen-bond donors (Lipinski definition) is 2. The van der Waals surface area contributed by atoms with E-state index < -0.39 is 5.91 Å². The molecule has 9 nitrogen and oxygen atoms in total. The second-order valence-corrected chi connectivity index (χ2v) is 7.92. The van der Waals surface area contributed by atoms with Crippen molar-refractivity contribution in [3.63, 3.8) is 0 Å². The minimum absolute atomic E-state index is 0.0347. The molecule has 0 spiro atoms. The van der Waals surface area contributed by atoms with Crippen molar-refractivity contribution in [2.45, 2.75) is 52.0 Å². The second-order valence-electron chi connectivity index (χ2n) is 7.92. The zero-order valence-electron chi connectivity index (χ0n) is 18.1. The molecule has 1 fully saturated rings. The number of nitrogens with two attached hydrogens (primary N) is 1. The summed E-state index contributed by atoms with van der Waals surface area (Å²) in [5.41, 5.74) is 7.11. The number of nitrogens with one attached hydrogen (secondary N) is 1. The molecule has 1 aromatic carbocycles. The second kappa shape index (κ2) is 10.8. The normalized spacial score (nSPS) is 14.4. The van der Waals surface area contributed by atoms with E-state index in [9.17, 15) is 14.4 Å². The number of unbranched alkanes of at least 4 members (excludes halogenated alkanes) is 3. The van der Waals surface area contributed by atoms with Crippen LogP contribution in [0.2, 0.25) is 0 Å². The molecule has 0 radical (unpaired) electrons. The van der Waals surface area contributed by atoms with Crippen LogP contribution in [0, 0.1) is 0 Å². The molecular weight excluding hydrogens is 398 g/mol. The molecule has 2 aliphatic rings. The third kappa shape index (κ3) is 6.44. The van der Waals surface area contributed by atoms with Crippen LogP contribution in [0.5, 0.6) is 5.75 Å². The average molecular weight is 430 g/mol. The van der Waals surface area contributed by atoms with Crippen LogP contribution in [0.15, 0.2) is 23.2 Å². The molecular formula is C22H31N5O4. The number of carbonyl (C=O) groups is 3. The molecule has 2 aliphatic heterocycles. The van der Waals surface area contributed by atoms with E-state index in [2.05, 4.69) is 17.2 Å². The topological polar surface area (TPSA) is 117 Å². The number of guanidine groups is 1. The van der Waals surface area contributed by atoms with Gasteiger partial charge in [0.15, 0.2) is 0 Å². The molecule has 3 amide bonds. The Balaban J connectivity index is 1.45. The zero-order valence-corrected chi connectivity index (χ0v) is 18.1. The number of carbonyl (C=O) groups excluding carboxylic acids is 3. The highest BCUT2D eigenvalue weighted by atomic mass is 16.5. The van der Waals surface area contributed by atoms with Gasteiger partial charge in [0.2, 0.25) is 23.7 Å². The summed E-state index contributed by atoms with van der Waals surface area (Å²) in [6, 6.07) is 5.63. The largest absolute Gasteiger partial charge is 0.494 e. The van der Waals surface area contributed by atoms with Gasteiger partial charge in [-0.3, -0.25) is 19.7 Å². The third-order valence-electron chi connectivity index (χ3n) is 5.31. The fourth-order valence-corrected chi connectivity index (χ4v) is 3.71. The van der Waals surface area contributed by atoms with Crippen molar-refractivity contribution in [3.05, 3.63) is 23.8 Å². The molecule has 168 valence electrons. The van der Waals surface area contributed by atoms with Gasteiger partial charge in [0.1, 0.15) is 12.3 Å². The number of ether oxygens (including phenoxy) is 1. The minimum atomic E-state index is -0.491. The Morgan fingerprint density at radius 2 is 2.06 bits per heavy atom. The summed E-state index contributed by atoms with van der Waals surface area (Å²) in [4.78, 5) is 43.2.